The van der Waals surface area contributed by atoms with Gasteiger partial charge in [-0.15, -0.1) is 0 Å². The van der Waals surface area contributed by atoms with Gasteiger partial charge in [0.05, 0.1) is 9.79 Å². The van der Waals surface area contributed by atoms with Crippen molar-refractivity contribution in [1.29, 1.82) is 0 Å². The number of hydrogen-bond donors (Lipinski definition) is 2. The van der Waals surface area contributed by atoms with Gasteiger partial charge >= 0.3 is 6.18 Å². The quantitative estimate of drug-likeness (QED) is 0.665. The van der Waals surface area contributed by atoms with E-state index in [-0.39, 0.29) is 10.7 Å². The number of alkyl halides is 3. The summed E-state index contributed by atoms with van der Waals surface area (Å²) >= 11 is 0. The maximum absolute atomic E-state index is 12.4. The van der Waals surface area contributed by atoms with Gasteiger partial charge in [-0.25, -0.2) is 31.5 Å². The Morgan fingerprint density at radius 1 is 0.964 bits per heavy atom. The summed E-state index contributed by atoms with van der Waals surface area (Å²) in [6.45, 7) is -1.74. The van der Waals surface area contributed by atoms with E-state index in [0.29, 0.717) is 5.82 Å². The Hall–Kier alpha value is -2.45. The molecule has 2 N–H and O–H groups in total. The molecule has 0 atom stereocenters. The number of halogens is 3. The minimum absolute atomic E-state index is 0.0118. The fourth-order valence-electron chi connectivity index (χ4n) is 1.90. The topological polar surface area (TPSA) is 121 Å². The van der Waals surface area contributed by atoms with Crippen LogP contribution in [0.4, 0.5) is 24.8 Å². The fraction of sp³-hybridized carbons (Fsp3) is 0.286. The molecule has 0 amide bonds. The first-order chi connectivity index (χ1) is 12.8. The van der Waals surface area contributed by atoms with E-state index in [1.807, 2.05) is 0 Å². The fourth-order valence-corrected chi connectivity index (χ4v) is 3.92. The van der Waals surface area contributed by atoms with E-state index in [0.717, 1.165) is 30.6 Å². The molecule has 0 aliphatic heterocycles. The molecule has 9 nitrogen and oxygen atoms in total. The first-order valence-corrected chi connectivity index (χ1v) is 10.5. The van der Waals surface area contributed by atoms with Crippen LogP contribution in [0.15, 0.2) is 46.5 Å². The van der Waals surface area contributed by atoms with E-state index in [2.05, 4.69) is 14.7 Å². The Bertz CT molecular complexity index is 1040. The van der Waals surface area contributed by atoms with E-state index < -0.39 is 37.7 Å². The van der Waals surface area contributed by atoms with Crippen LogP contribution in [0, 0.1) is 0 Å². The van der Waals surface area contributed by atoms with Crippen LogP contribution < -0.4 is 14.3 Å². The van der Waals surface area contributed by atoms with Crippen molar-refractivity contribution in [3.63, 3.8) is 0 Å². The number of aromatic nitrogens is 2. The highest BCUT2D eigenvalue weighted by atomic mass is 32.2. The van der Waals surface area contributed by atoms with Crippen LogP contribution in [0.5, 0.6) is 0 Å². The van der Waals surface area contributed by atoms with E-state index >= 15 is 0 Å². The maximum atomic E-state index is 12.4. The van der Waals surface area contributed by atoms with Gasteiger partial charge in [-0.3, -0.25) is 4.72 Å². The van der Waals surface area contributed by atoms with Crippen molar-refractivity contribution in [1.82, 2.24) is 14.7 Å². The van der Waals surface area contributed by atoms with Crippen LogP contribution >= 0.6 is 0 Å². The molecular weight excluding hydrogens is 423 g/mol. The third-order valence-corrected chi connectivity index (χ3v) is 6.04. The van der Waals surface area contributed by atoms with Gasteiger partial charge in [0, 0.05) is 20.2 Å². The second-order valence-electron chi connectivity index (χ2n) is 5.67. The Morgan fingerprint density at radius 3 is 2.00 bits per heavy atom. The SMILES string of the molecule is CN(C)c1cc(NS(=O)(=O)c2ccc(S(=O)(=O)NCC(F)(F)F)cc2)ncn1. The van der Waals surface area contributed by atoms with Gasteiger partial charge in [-0.1, -0.05) is 0 Å². The van der Waals surface area contributed by atoms with Crippen molar-refractivity contribution < 1.29 is 30.0 Å². The predicted octanol–water partition coefficient (Wildman–Crippen LogP) is 1.18. The Kier molecular flexibility index (Phi) is 6.15. The Morgan fingerprint density at radius 2 is 1.50 bits per heavy atom. The number of nitrogens with zero attached hydrogens (tertiary/aromatic N) is 3. The van der Waals surface area contributed by atoms with Crippen LogP contribution in [0.3, 0.4) is 0 Å². The summed E-state index contributed by atoms with van der Waals surface area (Å²) in [5, 5.41) is 0. The number of sulfonamides is 2. The smallest absolute Gasteiger partial charge is 0.363 e. The number of benzene rings is 1. The average Bonchev–Trinajstić information content (AvgIpc) is 2.59. The molecule has 0 saturated heterocycles. The second kappa shape index (κ2) is 7.89. The number of rotatable bonds is 7. The van der Waals surface area contributed by atoms with Crippen molar-refractivity contribution in [2.45, 2.75) is 16.0 Å². The van der Waals surface area contributed by atoms with E-state index in [1.165, 1.54) is 10.8 Å². The van der Waals surface area contributed by atoms with Gasteiger partial charge in [0.25, 0.3) is 10.0 Å². The molecule has 2 aromatic rings. The first kappa shape index (κ1) is 21.8. The summed E-state index contributed by atoms with van der Waals surface area (Å²) in [5.74, 6) is 0.437. The Balaban J connectivity index is 2.21. The molecule has 1 aromatic carbocycles. The molecule has 0 unspecified atom stereocenters. The molecule has 0 saturated carbocycles. The summed E-state index contributed by atoms with van der Waals surface area (Å²) in [5.41, 5.74) is 0. The molecule has 28 heavy (non-hydrogen) atoms. The van der Waals surface area contributed by atoms with Crippen molar-refractivity contribution in [3.05, 3.63) is 36.7 Å². The van der Waals surface area contributed by atoms with Gasteiger partial charge in [-0.05, 0) is 24.3 Å². The lowest BCUT2D eigenvalue weighted by Crippen LogP contribution is -2.33. The molecule has 1 aromatic heterocycles. The van der Waals surface area contributed by atoms with Gasteiger partial charge in [0.2, 0.25) is 10.0 Å². The molecule has 14 heteroatoms. The van der Waals surface area contributed by atoms with E-state index in [9.17, 15) is 30.0 Å². The molecule has 154 valence electrons. The molecule has 0 radical (unpaired) electrons. The van der Waals surface area contributed by atoms with Crippen LogP contribution in [0.2, 0.25) is 0 Å². The highest BCUT2D eigenvalue weighted by Gasteiger charge is 2.30. The van der Waals surface area contributed by atoms with Gasteiger partial charge in [-0.2, -0.15) is 13.2 Å². The molecule has 0 aliphatic carbocycles. The largest absolute Gasteiger partial charge is 0.402 e. The van der Waals surface area contributed by atoms with E-state index in [4.69, 9.17) is 0 Å². The highest BCUT2D eigenvalue weighted by molar-refractivity contribution is 7.92. The predicted molar refractivity (Wildman–Crippen MR) is 94.9 cm³/mol. The van der Waals surface area contributed by atoms with Gasteiger partial charge in [0.1, 0.15) is 24.5 Å². The summed E-state index contributed by atoms with van der Waals surface area (Å²) < 4.78 is 88.6. The van der Waals surface area contributed by atoms with Crippen LogP contribution in [0.1, 0.15) is 0 Å². The third-order valence-electron chi connectivity index (χ3n) is 3.26. The molecule has 1 heterocycles. The molecule has 0 bridgehead atoms. The number of anilines is 2. The Labute approximate surface area is 159 Å². The summed E-state index contributed by atoms with van der Waals surface area (Å²) in [4.78, 5) is 8.56. The van der Waals surface area contributed by atoms with Crippen molar-refractivity contribution in [3.8, 4) is 0 Å². The lowest BCUT2D eigenvalue weighted by molar-refractivity contribution is -0.121. The van der Waals surface area contributed by atoms with E-state index in [1.54, 1.807) is 19.0 Å². The first-order valence-electron chi connectivity index (χ1n) is 7.49. The molecule has 0 fully saturated rings. The van der Waals surface area contributed by atoms with Crippen LogP contribution in [0.25, 0.3) is 0 Å². The third kappa shape index (κ3) is 5.77. The van der Waals surface area contributed by atoms with Crippen molar-refractivity contribution in [2.75, 3.05) is 30.3 Å². The lowest BCUT2D eigenvalue weighted by Gasteiger charge is -2.13. The highest BCUT2D eigenvalue weighted by Crippen LogP contribution is 2.20. The molecule has 0 spiro atoms. The van der Waals surface area contributed by atoms with Gasteiger partial charge < -0.3 is 4.90 Å². The molecule has 2 rings (SSSR count). The summed E-state index contributed by atoms with van der Waals surface area (Å²) in [7, 11) is -5.15. The lowest BCUT2D eigenvalue weighted by atomic mass is 10.4. The van der Waals surface area contributed by atoms with Gasteiger partial charge in [0.15, 0.2) is 0 Å². The summed E-state index contributed by atoms with van der Waals surface area (Å²) in [6.07, 6.45) is -3.56. The zero-order valence-corrected chi connectivity index (χ0v) is 16.2. The number of hydrogen-bond acceptors (Lipinski definition) is 7. The van der Waals surface area contributed by atoms with Crippen LogP contribution in [-0.2, 0) is 20.0 Å². The average molecular weight is 439 g/mol. The molecule has 0 aliphatic rings. The normalized spacial score (nSPS) is 12.6. The molecular formula is C14H16F3N5O4S2. The zero-order valence-electron chi connectivity index (χ0n) is 14.6. The summed E-state index contributed by atoms with van der Waals surface area (Å²) in [6, 6.07) is 5.07. The number of nitrogens with one attached hydrogen (secondary N) is 2. The monoisotopic (exact) mass is 439 g/mol. The minimum atomic E-state index is -4.72. The standard InChI is InChI=1S/C14H16F3N5O4S2/c1-22(2)13-7-12(18-9-19-13)21-28(25,26)11-5-3-10(4-6-11)27(23,24)20-8-14(15,16)17/h3-7,9,20H,8H2,1-2H3,(H,18,19,21). The zero-order chi connectivity index (χ0) is 21.2. The van der Waals surface area contributed by atoms with Crippen molar-refractivity contribution >= 4 is 31.7 Å². The second-order valence-corrected chi connectivity index (χ2v) is 9.12. The van der Waals surface area contributed by atoms with Crippen molar-refractivity contribution in [2.24, 2.45) is 0 Å². The maximum Gasteiger partial charge on any atom is 0.402 e. The van der Waals surface area contributed by atoms with Crippen LogP contribution in [-0.4, -0.2) is 53.6 Å². The minimum Gasteiger partial charge on any atom is -0.363 e.